The van der Waals surface area contributed by atoms with Crippen LogP contribution in [-0.2, 0) is 0 Å². The third-order valence-corrected chi connectivity index (χ3v) is 3.21. The molecule has 0 spiro atoms. The maximum atomic E-state index is 5.74. The van der Waals surface area contributed by atoms with Crippen molar-refractivity contribution < 1.29 is 4.42 Å². The maximum Gasteiger partial charge on any atom is 0.226 e. The standard InChI is InChI=1S/C17H20N2O/c1-5-6-11(2)12(3)9-13(4)17-19-15-10-14(18)7-8-16(15)20-17/h6-10H,4-5,18H2,1-3H3/b11-6-,12-9-. The first-order chi connectivity index (χ1) is 9.51. The highest BCUT2D eigenvalue weighted by Crippen LogP contribution is 2.24. The molecule has 0 amide bonds. The number of fused-ring (bicyclic) bond motifs is 1. The Morgan fingerprint density at radius 3 is 2.80 bits per heavy atom. The summed E-state index contributed by atoms with van der Waals surface area (Å²) in [5.74, 6) is 0.536. The SMILES string of the molecule is C=C(/C=C(C)\C(C)=C/CC)c1nc2cc(N)ccc2o1. The van der Waals surface area contributed by atoms with E-state index in [0.29, 0.717) is 11.6 Å². The average Bonchev–Trinajstić information content (AvgIpc) is 2.81. The van der Waals surface area contributed by atoms with Crippen LogP contribution in [0.25, 0.3) is 16.7 Å². The molecule has 3 heteroatoms. The molecule has 0 aliphatic carbocycles. The largest absolute Gasteiger partial charge is 0.436 e. The normalized spacial score (nSPS) is 12.9. The number of nitrogen functional groups attached to an aromatic ring is 1. The van der Waals surface area contributed by atoms with Gasteiger partial charge in [0.2, 0.25) is 5.89 Å². The van der Waals surface area contributed by atoms with Gasteiger partial charge < -0.3 is 10.2 Å². The van der Waals surface area contributed by atoms with Gasteiger partial charge in [0.05, 0.1) is 0 Å². The van der Waals surface area contributed by atoms with Gasteiger partial charge in [-0.15, -0.1) is 0 Å². The molecule has 2 N–H and O–H groups in total. The van der Waals surface area contributed by atoms with E-state index in [1.54, 1.807) is 12.1 Å². The van der Waals surface area contributed by atoms with Gasteiger partial charge in [-0.25, -0.2) is 4.98 Å². The van der Waals surface area contributed by atoms with E-state index in [-0.39, 0.29) is 0 Å². The monoisotopic (exact) mass is 268 g/mol. The van der Waals surface area contributed by atoms with E-state index >= 15 is 0 Å². The van der Waals surface area contributed by atoms with Crippen molar-refractivity contribution in [3.05, 3.63) is 54.0 Å². The fourth-order valence-electron chi connectivity index (χ4n) is 1.99. The number of oxazole rings is 1. The van der Waals surface area contributed by atoms with E-state index in [0.717, 1.165) is 23.1 Å². The van der Waals surface area contributed by atoms with Gasteiger partial charge in [0, 0.05) is 11.3 Å². The van der Waals surface area contributed by atoms with E-state index in [2.05, 4.69) is 38.4 Å². The minimum absolute atomic E-state index is 0.536. The summed E-state index contributed by atoms with van der Waals surface area (Å²) in [5, 5.41) is 0. The lowest BCUT2D eigenvalue weighted by Crippen LogP contribution is -1.84. The van der Waals surface area contributed by atoms with Gasteiger partial charge in [0.25, 0.3) is 0 Å². The molecule has 1 aromatic heterocycles. The summed E-state index contributed by atoms with van der Waals surface area (Å²) >= 11 is 0. The van der Waals surface area contributed by atoms with Crippen LogP contribution in [0.1, 0.15) is 33.1 Å². The number of allylic oxidation sites excluding steroid dienone is 5. The third-order valence-electron chi connectivity index (χ3n) is 3.21. The molecule has 0 saturated carbocycles. The molecule has 0 unspecified atom stereocenters. The molecule has 0 radical (unpaired) electrons. The zero-order chi connectivity index (χ0) is 14.7. The number of rotatable bonds is 4. The fourth-order valence-corrected chi connectivity index (χ4v) is 1.99. The molecule has 0 fully saturated rings. The Balaban J connectivity index is 2.32. The number of nitrogens with zero attached hydrogens (tertiary/aromatic N) is 1. The van der Waals surface area contributed by atoms with Crippen molar-refractivity contribution in [3.8, 4) is 0 Å². The maximum absolute atomic E-state index is 5.74. The van der Waals surface area contributed by atoms with Crippen molar-refractivity contribution >= 4 is 22.4 Å². The van der Waals surface area contributed by atoms with Crippen LogP contribution in [0.15, 0.2) is 52.5 Å². The van der Waals surface area contributed by atoms with Crippen LogP contribution in [0.4, 0.5) is 5.69 Å². The van der Waals surface area contributed by atoms with Gasteiger partial charge in [-0.3, -0.25) is 0 Å². The quantitative estimate of drug-likeness (QED) is 0.644. The van der Waals surface area contributed by atoms with Crippen LogP contribution >= 0.6 is 0 Å². The molecule has 2 aromatic rings. The highest BCUT2D eigenvalue weighted by Gasteiger charge is 2.08. The molecule has 2 rings (SSSR count). The third kappa shape index (κ3) is 2.99. The van der Waals surface area contributed by atoms with Crippen LogP contribution in [-0.4, -0.2) is 4.98 Å². The van der Waals surface area contributed by atoms with Crippen molar-refractivity contribution in [2.75, 3.05) is 5.73 Å². The lowest BCUT2D eigenvalue weighted by Gasteiger charge is -2.01. The summed E-state index contributed by atoms with van der Waals surface area (Å²) in [6.07, 6.45) is 5.20. The number of nitrogens with two attached hydrogens (primary N) is 1. The van der Waals surface area contributed by atoms with Crippen molar-refractivity contribution in [2.24, 2.45) is 0 Å². The average molecular weight is 268 g/mol. The van der Waals surface area contributed by atoms with Gasteiger partial charge in [-0.2, -0.15) is 0 Å². The molecular weight excluding hydrogens is 248 g/mol. The summed E-state index contributed by atoms with van der Waals surface area (Å²) in [5.41, 5.74) is 11.1. The summed E-state index contributed by atoms with van der Waals surface area (Å²) in [4.78, 5) is 4.42. The highest BCUT2D eigenvalue weighted by molar-refractivity contribution is 5.80. The van der Waals surface area contributed by atoms with Gasteiger partial charge in [0.1, 0.15) is 5.52 Å². The predicted octanol–water partition coefficient (Wildman–Crippen LogP) is 4.73. The van der Waals surface area contributed by atoms with E-state index in [1.165, 1.54) is 11.1 Å². The second kappa shape index (κ2) is 5.78. The molecular formula is C17H20N2O. The number of benzene rings is 1. The van der Waals surface area contributed by atoms with E-state index in [9.17, 15) is 0 Å². The summed E-state index contributed by atoms with van der Waals surface area (Å²) in [6, 6.07) is 5.43. The molecule has 1 heterocycles. The van der Waals surface area contributed by atoms with Crippen LogP contribution in [0.3, 0.4) is 0 Å². The van der Waals surface area contributed by atoms with Gasteiger partial charge in [-0.1, -0.05) is 25.2 Å². The van der Waals surface area contributed by atoms with Gasteiger partial charge in [-0.05, 0) is 50.1 Å². The summed E-state index contributed by atoms with van der Waals surface area (Å²) in [7, 11) is 0. The van der Waals surface area contributed by atoms with Crippen LogP contribution in [0.2, 0.25) is 0 Å². The Hall–Kier alpha value is -2.29. The fraction of sp³-hybridized carbons (Fsp3) is 0.235. The highest BCUT2D eigenvalue weighted by atomic mass is 16.3. The molecule has 1 aromatic carbocycles. The Kier molecular flexibility index (Phi) is 4.08. The van der Waals surface area contributed by atoms with Gasteiger partial charge in [0.15, 0.2) is 5.58 Å². The molecule has 0 saturated heterocycles. The minimum atomic E-state index is 0.536. The lowest BCUT2D eigenvalue weighted by atomic mass is 10.1. The van der Waals surface area contributed by atoms with E-state index in [4.69, 9.17) is 10.2 Å². The molecule has 104 valence electrons. The zero-order valence-electron chi connectivity index (χ0n) is 12.2. The predicted molar refractivity (Wildman–Crippen MR) is 85.3 cm³/mol. The van der Waals surface area contributed by atoms with E-state index < -0.39 is 0 Å². The Labute approximate surface area is 119 Å². The second-order valence-corrected chi connectivity index (χ2v) is 4.89. The molecule has 0 aliphatic rings. The number of hydrogen-bond donors (Lipinski definition) is 1. The second-order valence-electron chi connectivity index (χ2n) is 4.89. The Morgan fingerprint density at radius 1 is 1.35 bits per heavy atom. The number of hydrogen-bond acceptors (Lipinski definition) is 3. The first kappa shape index (κ1) is 14.1. The molecule has 20 heavy (non-hydrogen) atoms. The topological polar surface area (TPSA) is 52.0 Å². The first-order valence-corrected chi connectivity index (χ1v) is 6.72. The van der Waals surface area contributed by atoms with Crippen molar-refractivity contribution in [1.29, 1.82) is 0 Å². The smallest absolute Gasteiger partial charge is 0.226 e. The number of anilines is 1. The van der Waals surface area contributed by atoms with Crippen LogP contribution in [0, 0.1) is 0 Å². The van der Waals surface area contributed by atoms with Crippen LogP contribution in [0.5, 0.6) is 0 Å². The Morgan fingerprint density at radius 2 is 2.10 bits per heavy atom. The van der Waals surface area contributed by atoms with Gasteiger partial charge >= 0.3 is 0 Å². The first-order valence-electron chi connectivity index (χ1n) is 6.72. The minimum Gasteiger partial charge on any atom is -0.436 e. The summed E-state index contributed by atoms with van der Waals surface area (Å²) < 4.78 is 5.70. The zero-order valence-corrected chi connectivity index (χ0v) is 12.2. The number of aromatic nitrogens is 1. The van der Waals surface area contributed by atoms with Crippen LogP contribution < -0.4 is 5.73 Å². The Bertz CT molecular complexity index is 705. The lowest BCUT2D eigenvalue weighted by molar-refractivity contribution is 0.586. The molecule has 3 nitrogen and oxygen atoms in total. The molecule has 0 aliphatic heterocycles. The van der Waals surface area contributed by atoms with Crippen molar-refractivity contribution in [1.82, 2.24) is 4.98 Å². The molecule has 0 atom stereocenters. The van der Waals surface area contributed by atoms with E-state index in [1.807, 2.05) is 12.1 Å². The summed E-state index contributed by atoms with van der Waals surface area (Å²) in [6.45, 7) is 10.3. The van der Waals surface area contributed by atoms with Crippen molar-refractivity contribution in [3.63, 3.8) is 0 Å². The molecule has 0 bridgehead atoms. The van der Waals surface area contributed by atoms with Crippen molar-refractivity contribution in [2.45, 2.75) is 27.2 Å².